The third kappa shape index (κ3) is 5.23. The molecule has 7 aromatic carbocycles. The number of aromatic nitrogens is 4. The Bertz CT molecular complexity index is 3110. The van der Waals surface area contributed by atoms with E-state index >= 15 is 4.39 Å². The summed E-state index contributed by atoms with van der Waals surface area (Å²) < 4.78 is 21.2. The summed E-state index contributed by atoms with van der Waals surface area (Å²) in [5.41, 5.74) is 6.75. The summed E-state index contributed by atoms with van der Waals surface area (Å²) in [6, 6.07) is 63.5. The van der Waals surface area contributed by atoms with Crippen LogP contribution in [0.15, 0.2) is 218 Å². The summed E-state index contributed by atoms with van der Waals surface area (Å²) in [6.07, 6.45) is 0.495. The molecule has 4 heterocycles. The lowest BCUT2D eigenvalue weighted by molar-refractivity contribution is 0.402. The van der Waals surface area contributed by atoms with E-state index in [9.17, 15) is 0 Å². The molecule has 0 saturated heterocycles. The number of halogens is 1. The normalized spacial score (nSPS) is 14.4. The Balaban J connectivity index is 1.10. The van der Waals surface area contributed by atoms with Gasteiger partial charge in [0.1, 0.15) is 11.5 Å². The molecule has 1 aliphatic rings. The van der Waals surface area contributed by atoms with Crippen LogP contribution in [-0.2, 0) is 7.05 Å². The lowest BCUT2D eigenvalue weighted by Crippen LogP contribution is -2.10. The molecule has 0 spiro atoms. The van der Waals surface area contributed by atoms with Crippen molar-refractivity contribution in [2.45, 2.75) is 35.5 Å². The second-order valence-corrected chi connectivity index (χ2v) is 18.5. The van der Waals surface area contributed by atoms with Crippen molar-refractivity contribution in [3.8, 4) is 17.1 Å². The fourth-order valence-electron chi connectivity index (χ4n) is 8.60. The SMILES string of the molecule is Cn1c(-c2cccc(C(F)c3cccc(-n4c5cc6c(cc5c5cccnc54)Sc4ccccc4S6(c4ccccc4)c4ccccc4)c3)c2)nc2ccccc21. The van der Waals surface area contributed by atoms with Crippen molar-refractivity contribution in [1.29, 1.82) is 0 Å². The summed E-state index contributed by atoms with van der Waals surface area (Å²) in [5, 5.41) is 2.18. The number of benzene rings is 7. The number of pyridine rings is 1. The molecule has 1 atom stereocenters. The minimum atomic E-state index is -1.92. The minimum absolute atomic E-state index is 0.580. The van der Waals surface area contributed by atoms with Crippen LogP contribution in [0.4, 0.5) is 4.39 Å². The lowest BCUT2D eigenvalue weighted by Gasteiger charge is -2.46. The van der Waals surface area contributed by atoms with Gasteiger partial charge in [-0.15, -0.1) is 10.0 Å². The molecule has 0 aliphatic carbocycles. The van der Waals surface area contributed by atoms with E-state index in [1.165, 1.54) is 29.4 Å². The number of alkyl halides is 1. The summed E-state index contributed by atoms with van der Waals surface area (Å²) in [5.74, 6) is 0.809. The second kappa shape index (κ2) is 13.4. The molecule has 0 amide bonds. The summed E-state index contributed by atoms with van der Waals surface area (Å²) >= 11 is 1.84. The molecular weight excluding hydrogens is 740 g/mol. The van der Waals surface area contributed by atoms with Gasteiger partial charge in [0.05, 0.1) is 16.6 Å². The Hall–Kier alpha value is -6.41. The number of aryl methyl sites for hydroxylation is 1. The second-order valence-electron chi connectivity index (χ2n) is 14.4. The maximum absolute atomic E-state index is 16.9. The van der Waals surface area contributed by atoms with Crippen LogP contribution >= 0.6 is 21.8 Å². The van der Waals surface area contributed by atoms with Crippen LogP contribution in [0.1, 0.15) is 17.3 Å². The number of rotatable bonds is 6. The van der Waals surface area contributed by atoms with Gasteiger partial charge in [-0.05, 0) is 102 Å². The molecule has 0 fully saturated rings. The van der Waals surface area contributed by atoms with Crippen LogP contribution in [0.2, 0.25) is 0 Å². The van der Waals surface area contributed by atoms with Crippen molar-refractivity contribution < 1.29 is 4.39 Å². The molecule has 57 heavy (non-hydrogen) atoms. The Morgan fingerprint density at radius 1 is 0.579 bits per heavy atom. The molecule has 7 heteroatoms. The third-order valence-corrected chi connectivity index (χ3v) is 16.5. The van der Waals surface area contributed by atoms with Crippen molar-refractivity contribution in [1.82, 2.24) is 19.1 Å². The monoisotopic (exact) mass is 774 g/mol. The first-order valence-corrected chi connectivity index (χ1v) is 21.4. The molecule has 0 N–H and O–H groups in total. The number of para-hydroxylation sites is 2. The number of hydrogen-bond acceptors (Lipinski definition) is 3. The van der Waals surface area contributed by atoms with Gasteiger partial charge in [0.15, 0.2) is 6.17 Å². The highest BCUT2D eigenvalue weighted by Gasteiger charge is 2.40. The first kappa shape index (κ1) is 33.9. The fraction of sp³-hybridized carbons (Fsp3) is 0.0400. The van der Waals surface area contributed by atoms with E-state index in [4.69, 9.17) is 9.97 Å². The molecule has 4 nitrogen and oxygen atoms in total. The average Bonchev–Trinajstić information content (AvgIpc) is 3.79. The molecule has 0 bridgehead atoms. The zero-order valence-electron chi connectivity index (χ0n) is 31.0. The molecule has 1 unspecified atom stereocenters. The van der Waals surface area contributed by atoms with Gasteiger partial charge in [0.25, 0.3) is 0 Å². The number of nitrogens with zero attached hydrogens (tertiary/aromatic N) is 4. The predicted molar refractivity (Wildman–Crippen MR) is 232 cm³/mol. The van der Waals surface area contributed by atoms with E-state index in [0.717, 1.165) is 50.0 Å². The van der Waals surface area contributed by atoms with Crippen LogP contribution in [0.5, 0.6) is 0 Å². The largest absolute Gasteiger partial charge is 0.327 e. The molecule has 10 aromatic rings. The van der Waals surface area contributed by atoms with E-state index in [-0.39, 0.29) is 0 Å². The summed E-state index contributed by atoms with van der Waals surface area (Å²) in [6.45, 7) is 0. The van der Waals surface area contributed by atoms with E-state index in [1.807, 2.05) is 91.7 Å². The molecule has 3 aromatic heterocycles. The molecule has 0 saturated carbocycles. The third-order valence-electron chi connectivity index (χ3n) is 11.2. The number of imidazole rings is 1. The minimum Gasteiger partial charge on any atom is -0.327 e. The van der Waals surface area contributed by atoms with Crippen molar-refractivity contribution in [2.75, 3.05) is 0 Å². The molecule has 11 rings (SSSR count). The van der Waals surface area contributed by atoms with Crippen molar-refractivity contribution in [3.63, 3.8) is 0 Å². The van der Waals surface area contributed by atoms with E-state index in [1.54, 1.807) is 0 Å². The van der Waals surface area contributed by atoms with E-state index in [0.29, 0.717) is 11.1 Å². The van der Waals surface area contributed by atoms with E-state index < -0.39 is 16.2 Å². The fourth-order valence-corrected chi connectivity index (χ4v) is 14.4. The highest BCUT2D eigenvalue weighted by atomic mass is 32.3. The smallest absolute Gasteiger partial charge is 0.150 e. The number of hydrogen-bond donors (Lipinski definition) is 0. The Kier molecular flexibility index (Phi) is 7.95. The number of fused-ring (bicyclic) bond motifs is 6. The van der Waals surface area contributed by atoms with Crippen molar-refractivity contribution >= 4 is 54.8 Å². The van der Waals surface area contributed by atoms with Crippen LogP contribution in [0.25, 0.3) is 50.0 Å². The standard InChI is InChI=1S/C50H35FN4S2/c1-54-42-25-9-8-24-41(42)53-49(54)35-17-12-15-33(29-35)48(51)34-16-13-18-36(30-34)55-43-32-47-45(31-40(43)39-23-14-28-52-50(39)55)56-44-26-10-11-27-46(44)57(47,37-19-4-2-5-20-37)38-21-6-3-7-22-38/h2-32,48H,1H3. The van der Waals surface area contributed by atoms with Gasteiger partial charge in [-0.25, -0.2) is 14.4 Å². The average molecular weight is 775 g/mol. The topological polar surface area (TPSA) is 35.6 Å². The van der Waals surface area contributed by atoms with E-state index in [2.05, 4.69) is 124 Å². The van der Waals surface area contributed by atoms with Gasteiger partial charge in [-0.1, -0.05) is 103 Å². The quantitative estimate of drug-likeness (QED) is 0.169. The van der Waals surface area contributed by atoms with Crippen LogP contribution in [-0.4, -0.2) is 19.1 Å². The van der Waals surface area contributed by atoms with Gasteiger partial charge in [-0.3, -0.25) is 4.57 Å². The Labute approximate surface area is 335 Å². The molecule has 274 valence electrons. The van der Waals surface area contributed by atoms with Gasteiger partial charge in [0, 0.05) is 64.6 Å². The zero-order valence-corrected chi connectivity index (χ0v) is 32.6. The maximum Gasteiger partial charge on any atom is 0.150 e. The van der Waals surface area contributed by atoms with Crippen molar-refractivity contribution in [3.05, 3.63) is 199 Å². The predicted octanol–water partition coefficient (Wildman–Crippen LogP) is 13.6. The first-order valence-electron chi connectivity index (χ1n) is 19.0. The summed E-state index contributed by atoms with van der Waals surface area (Å²) in [7, 11) is 0.0878. The highest BCUT2D eigenvalue weighted by molar-refractivity contribution is 8.34. The lowest BCUT2D eigenvalue weighted by atomic mass is 10.00. The Morgan fingerprint density at radius 3 is 2.07 bits per heavy atom. The maximum atomic E-state index is 16.9. The van der Waals surface area contributed by atoms with Crippen LogP contribution < -0.4 is 0 Å². The van der Waals surface area contributed by atoms with Crippen LogP contribution in [0, 0.1) is 0 Å². The van der Waals surface area contributed by atoms with Gasteiger partial charge in [0.2, 0.25) is 0 Å². The van der Waals surface area contributed by atoms with Gasteiger partial charge in [-0.2, -0.15) is 0 Å². The van der Waals surface area contributed by atoms with Gasteiger partial charge < -0.3 is 4.57 Å². The Morgan fingerprint density at radius 2 is 1.28 bits per heavy atom. The van der Waals surface area contributed by atoms with Crippen LogP contribution in [0.3, 0.4) is 0 Å². The highest BCUT2D eigenvalue weighted by Crippen LogP contribution is 2.78. The molecular formula is C50H35FN4S2. The molecule has 1 aliphatic heterocycles. The first-order chi connectivity index (χ1) is 28.1. The zero-order chi connectivity index (χ0) is 38.1. The summed E-state index contributed by atoms with van der Waals surface area (Å²) in [4.78, 5) is 17.6. The van der Waals surface area contributed by atoms with Gasteiger partial charge >= 0.3 is 0 Å². The van der Waals surface area contributed by atoms with Crippen molar-refractivity contribution in [2.24, 2.45) is 7.05 Å². The molecule has 0 radical (unpaired) electrons.